The Morgan fingerprint density at radius 3 is 2.54 bits per heavy atom. The molecule has 0 aliphatic rings. The number of amides is 2. The van der Waals surface area contributed by atoms with Crippen LogP contribution in [-0.2, 0) is 4.79 Å². The predicted molar refractivity (Wildman–Crippen MR) is 106 cm³/mol. The van der Waals surface area contributed by atoms with Gasteiger partial charge in [0.1, 0.15) is 10.8 Å². The van der Waals surface area contributed by atoms with E-state index in [1.54, 1.807) is 48.5 Å². The lowest BCUT2D eigenvalue weighted by atomic mass is 10.3. The van der Waals surface area contributed by atoms with Crippen LogP contribution in [0, 0.1) is 0 Å². The molecule has 0 bridgehead atoms. The second-order valence-electron chi connectivity index (χ2n) is 5.48. The molecule has 0 aliphatic carbocycles. The number of anilines is 2. The van der Waals surface area contributed by atoms with Crippen molar-refractivity contribution in [2.75, 3.05) is 23.0 Å². The summed E-state index contributed by atoms with van der Waals surface area (Å²) in [5.41, 5.74) is 0.691. The van der Waals surface area contributed by atoms with Crippen molar-refractivity contribution in [3.8, 4) is 5.75 Å². The summed E-state index contributed by atoms with van der Waals surface area (Å²) < 4.78 is 10.4. The smallest absolute Gasteiger partial charge is 0.292 e. The van der Waals surface area contributed by atoms with Gasteiger partial charge in [-0.25, -0.2) is 0 Å². The maximum absolute atomic E-state index is 12.1. The SMILES string of the molecule is CCOc1ccc(NC(=O)CSc2ccc(NC(=O)c3ccco3)nn2)cc1. The van der Waals surface area contributed by atoms with Crippen LogP contribution in [0.4, 0.5) is 11.5 Å². The summed E-state index contributed by atoms with van der Waals surface area (Å²) in [6.45, 7) is 2.50. The van der Waals surface area contributed by atoms with Crippen LogP contribution in [0.3, 0.4) is 0 Å². The average Bonchev–Trinajstić information content (AvgIpc) is 3.24. The van der Waals surface area contributed by atoms with E-state index in [1.807, 2.05) is 6.92 Å². The fourth-order valence-corrected chi connectivity index (χ4v) is 2.80. The van der Waals surface area contributed by atoms with E-state index in [9.17, 15) is 9.59 Å². The van der Waals surface area contributed by atoms with Gasteiger partial charge in [-0.05, 0) is 55.5 Å². The largest absolute Gasteiger partial charge is 0.494 e. The zero-order valence-corrected chi connectivity index (χ0v) is 15.9. The van der Waals surface area contributed by atoms with E-state index >= 15 is 0 Å². The standard InChI is InChI=1S/C19H18N4O4S/c1-2-26-14-7-5-13(6-8-14)20-17(24)12-28-18-10-9-16(22-23-18)21-19(25)15-4-3-11-27-15/h3-11H,2,12H2,1H3,(H,20,24)(H,21,22,25). The molecule has 3 aromatic rings. The summed E-state index contributed by atoms with van der Waals surface area (Å²) >= 11 is 1.24. The molecule has 2 amide bonds. The number of hydrogen-bond acceptors (Lipinski definition) is 7. The van der Waals surface area contributed by atoms with Gasteiger partial charge in [0.25, 0.3) is 5.91 Å². The lowest BCUT2D eigenvalue weighted by molar-refractivity contribution is -0.113. The third-order valence-corrected chi connectivity index (χ3v) is 4.35. The van der Waals surface area contributed by atoms with Crippen LogP contribution in [0.2, 0.25) is 0 Å². The van der Waals surface area contributed by atoms with E-state index in [4.69, 9.17) is 9.15 Å². The van der Waals surface area contributed by atoms with Gasteiger partial charge in [0.2, 0.25) is 5.91 Å². The summed E-state index contributed by atoms with van der Waals surface area (Å²) in [5.74, 6) is 0.848. The van der Waals surface area contributed by atoms with Gasteiger partial charge in [0.05, 0.1) is 18.6 Å². The molecule has 0 atom stereocenters. The van der Waals surface area contributed by atoms with Crippen molar-refractivity contribution >= 4 is 35.1 Å². The van der Waals surface area contributed by atoms with E-state index in [2.05, 4.69) is 20.8 Å². The molecule has 0 fully saturated rings. The Morgan fingerprint density at radius 1 is 1.07 bits per heavy atom. The van der Waals surface area contributed by atoms with Crippen molar-refractivity contribution in [2.24, 2.45) is 0 Å². The van der Waals surface area contributed by atoms with Crippen molar-refractivity contribution < 1.29 is 18.7 Å². The quantitative estimate of drug-likeness (QED) is 0.560. The lowest BCUT2D eigenvalue weighted by Gasteiger charge is -2.07. The molecule has 0 aliphatic heterocycles. The van der Waals surface area contributed by atoms with Crippen molar-refractivity contribution in [1.82, 2.24) is 10.2 Å². The van der Waals surface area contributed by atoms with Crippen molar-refractivity contribution in [1.29, 1.82) is 0 Å². The van der Waals surface area contributed by atoms with Crippen LogP contribution in [0.1, 0.15) is 17.5 Å². The normalized spacial score (nSPS) is 10.3. The maximum Gasteiger partial charge on any atom is 0.292 e. The fourth-order valence-electron chi connectivity index (χ4n) is 2.19. The molecule has 1 aromatic carbocycles. The molecular weight excluding hydrogens is 380 g/mol. The first-order valence-electron chi connectivity index (χ1n) is 8.48. The minimum Gasteiger partial charge on any atom is -0.494 e. The van der Waals surface area contributed by atoms with Gasteiger partial charge in [0.15, 0.2) is 11.6 Å². The van der Waals surface area contributed by atoms with Crippen LogP contribution in [0.25, 0.3) is 0 Å². The molecule has 2 aromatic heterocycles. The first-order chi connectivity index (χ1) is 13.6. The number of ether oxygens (including phenoxy) is 1. The highest BCUT2D eigenvalue weighted by Gasteiger charge is 2.10. The molecule has 0 unspecified atom stereocenters. The molecule has 0 radical (unpaired) electrons. The second-order valence-corrected chi connectivity index (χ2v) is 6.48. The van der Waals surface area contributed by atoms with Gasteiger partial charge >= 0.3 is 0 Å². The highest BCUT2D eigenvalue weighted by molar-refractivity contribution is 7.99. The first-order valence-corrected chi connectivity index (χ1v) is 9.46. The molecule has 0 saturated heterocycles. The number of benzene rings is 1. The number of thioether (sulfide) groups is 1. The Bertz CT molecular complexity index is 912. The molecule has 8 nitrogen and oxygen atoms in total. The molecule has 9 heteroatoms. The number of hydrogen-bond donors (Lipinski definition) is 2. The highest BCUT2D eigenvalue weighted by atomic mass is 32.2. The number of rotatable bonds is 8. The van der Waals surface area contributed by atoms with Crippen molar-refractivity contribution in [3.05, 3.63) is 60.6 Å². The number of nitrogens with one attached hydrogen (secondary N) is 2. The Hall–Kier alpha value is -3.33. The Labute approximate surface area is 165 Å². The van der Waals surface area contributed by atoms with E-state index in [-0.39, 0.29) is 17.4 Å². The molecule has 0 spiro atoms. The van der Waals surface area contributed by atoms with E-state index in [1.165, 1.54) is 18.0 Å². The Morgan fingerprint density at radius 2 is 1.89 bits per heavy atom. The topological polar surface area (TPSA) is 106 Å². The van der Waals surface area contributed by atoms with E-state index in [0.29, 0.717) is 23.1 Å². The van der Waals surface area contributed by atoms with Gasteiger partial charge in [-0.2, -0.15) is 0 Å². The van der Waals surface area contributed by atoms with Crippen molar-refractivity contribution in [3.63, 3.8) is 0 Å². The fraction of sp³-hybridized carbons (Fsp3) is 0.158. The molecule has 0 saturated carbocycles. The summed E-state index contributed by atoms with van der Waals surface area (Å²) in [5, 5.41) is 13.9. The van der Waals surface area contributed by atoms with E-state index < -0.39 is 5.91 Å². The summed E-state index contributed by atoms with van der Waals surface area (Å²) in [4.78, 5) is 23.9. The zero-order valence-electron chi connectivity index (χ0n) is 15.0. The summed E-state index contributed by atoms with van der Waals surface area (Å²) in [6.07, 6.45) is 1.42. The third kappa shape index (κ3) is 5.58. The average molecular weight is 398 g/mol. The third-order valence-electron chi connectivity index (χ3n) is 3.43. The van der Waals surface area contributed by atoms with E-state index in [0.717, 1.165) is 5.75 Å². The molecule has 2 heterocycles. The van der Waals surface area contributed by atoms with Crippen LogP contribution < -0.4 is 15.4 Å². The van der Waals surface area contributed by atoms with Gasteiger partial charge in [-0.1, -0.05) is 11.8 Å². The molecule has 28 heavy (non-hydrogen) atoms. The maximum atomic E-state index is 12.1. The van der Waals surface area contributed by atoms with Gasteiger partial charge in [0, 0.05) is 5.69 Å². The summed E-state index contributed by atoms with van der Waals surface area (Å²) in [6, 6.07) is 13.6. The number of carbonyl (C=O) groups excluding carboxylic acids is 2. The minimum atomic E-state index is -0.408. The number of carbonyl (C=O) groups is 2. The van der Waals surface area contributed by atoms with Crippen LogP contribution >= 0.6 is 11.8 Å². The molecule has 2 N–H and O–H groups in total. The van der Waals surface area contributed by atoms with Gasteiger partial charge in [-0.3, -0.25) is 9.59 Å². The minimum absolute atomic E-state index is 0.161. The summed E-state index contributed by atoms with van der Waals surface area (Å²) in [7, 11) is 0. The van der Waals surface area contributed by atoms with Crippen LogP contribution in [-0.4, -0.2) is 34.4 Å². The van der Waals surface area contributed by atoms with Crippen LogP contribution in [0.15, 0.2) is 64.2 Å². The van der Waals surface area contributed by atoms with Gasteiger partial charge in [-0.15, -0.1) is 10.2 Å². The number of nitrogens with zero attached hydrogens (tertiary/aromatic N) is 2. The number of furan rings is 1. The Kier molecular flexibility index (Phi) is 6.64. The number of aromatic nitrogens is 2. The monoisotopic (exact) mass is 398 g/mol. The first kappa shape index (κ1) is 19.4. The van der Waals surface area contributed by atoms with Gasteiger partial charge < -0.3 is 19.8 Å². The molecular formula is C19H18N4O4S. The zero-order chi connectivity index (χ0) is 19.8. The highest BCUT2D eigenvalue weighted by Crippen LogP contribution is 2.18. The van der Waals surface area contributed by atoms with Crippen molar-refractivity contribution in [2.45, 2.75) is 11.9 Å². The Balaban J connectivity index is 1.46. The second kappa shape index (κ2) is 9.56. The molecule has 3 rings (SSSR count). The predicted octanol–water partition coefficient (Wildman–Crippen LogP) is 3.45. The van der Waals surface area contributed by atoms with Crippen LogP contribution in [0.5, 0.6) is 5.75 Å². The lowest BCUT2D eigenvalue weighted by Crippen LogP contribution is -2.14. The molecule has 144 valence electrons.